The van der Waals surface area contributed by atoms with Crippen molar-refractivity contribution in [3.8, 4) is 5.75 Å². The van der Waals surface area contributed by atoms with Gasteiger partial charge in [-0.1, -0.05) is 12.1 Å². The van der Waals surface area contributed by atoms with E-state index < -0.39 is 18.0 Å². The highest BCUT2D eigenvalue weighted by Crippen LogP contribution is 2.33. The van der Waals surface area contributed by atoms with Crippen LogP contribution in [-0.2, 0) is 12.7 Å². The van der Waals surface area contributed by atoms with E-state index in [1.807, 2.05) is 25.1 Å². The highest BCUT2D eigenvalue weighted by molar-refractivity contribution is 5.81. The third-order valence-electron chi connectivity index (χ3n) is 3.64. The zero-order valence-electron chi connectivity index (χ0n) is 13.4. The van der Waals surface area contributed by atoms with Crippen LogP contribution in [0.1, 0.15) is 11.3 Å². The maximum Gasteiger partial charge on any atom is 0.435 e. The van der Waals surface area contributed by atoms with Gasteiger partial charge in [0, 0.05) is 12.4 Å². The maximum atomic E-state index is 13.1. The van der Waals surface area contributed by atoms with Crippen LogP contribution in [0.5, 0.6) is 5.75 Å². The third-order valence-corrected chi connectivity index (χ3v) is 3.64. The Bertz CT molecular complexity index is 877. The van der Waals surface area contributed by atoms with Crippen LogP contribution in [0.25, 0.3) is 10.9 Å². The summed E-state index contributed by atoms with van der Waals surface area (Å²) in [7, 11) is 0. The van der Waals surface area contributed by atoms with Crippen molar-refractivity contribution in [3.05, 3.63) is 54.0 Å². The van der Waals surface area contributed by atoms with Gasteiger partial charge in [0.15, 0.2) is 5.69 Å². The molecule has 1 aromatic carbocycles. The van der Waals surface area contributed by atoms with E-state index in [2.05, 4.69) is 10.1 Å². The van der Waals surface area contributed by atoms with Gasteiger partial charge in [0.05, 0.1) is 17.4 Å². The van der Waals surface area contributed by atoms with Crippen LogP contribution in [-0.4, -0.2) is 32.6 Å². The lowest BCUT2D eigenvalue weighted by molar-refractivity contribution is -0.140. The van der Waals surface area contributed by atoms with Crippen molar-refractivity contribution in [2.45, 2.75) is 25.7 Å². The molecule has 1 atom stereocenters. The molecule has 0 bridgehead atoms. The molecular weight excluding hydrogens is 335 g/mol. The Hall–Kier alpha value is -2.61. The van der Waals surface area contributed by atoms with Crippen LogP contribution < -0.4 is 4.74 Å². The Morgan fingerprint density at radius 2 is 2.08 bits per heavy atom. The fourth-order valence-electron chi connectivity index (χ4n) is 2.52. The Morgan fingerprint density at radius 3 is 2.80 bits per heavy atom. The molecular formula is C17H16F3N3O2. The largest absolute Gasteiger partial charge is 0.491 e. The molecule has 0 saturated carbocycles. The average molecular weight is 351 g/mol. The molecule has 0 fully saturated rings. The molecule has 0 spiro atoms. The first kappa shape index (κ1) is 17.2. The quantitative estimate of drug-likeness (QED) is 0.767. The number of hydrogen-bond acceptors (Lipinski definition) is 4. The maximum absolute atomic E-state index is 13.1. The van der Waals surface area contributed by atoms with Gasteiger partial charge in [-0.25, -0.2) is 0 Å². The van der Waals surface area contributed by atoms with Gasteiger partial charge in [-0.2, -0.15) is 18.3 Å². The van der Waals surface area contributed by atoms with Crippen LogP contribution in [0.2, 0.25) is 0 Å². The molecule has 8 heteroatoms. The predicted molar refractivity (Wildman–Crippen MR) is 85.2 cm³/mol. The fraction of sp³-hybridized carbons (Fsp3) is 0.294. The number of nitrogens with zero attached hydrogens (tertiary/aromatic N) is 3. The van der Waals surface area contributed by atoms with E-state index in [0.29, 0.717) is 5.75 Å². The molecule has 0 radical (unpaired) electrons. The van der Waals surface area contributed by atoms with E-state index in [1.54, 1.807) is 6.07 Å². The van der Waals surface area contributed by atoms with Gasteiger partial charge < -0.3 is 9.84 Å². The summed E-state index contributed by atoms with van der Waals surface area (Å²) in [6.07, 6.45) is -3.10. The minimum absolute atomic E-state index is 0.0583. The highest BCUT2D eigenvalue weighted by Gasteiger charge is 2.37. The number of benzene rings is 1. The number of ether oxygens (including phenoxy) is 1. The lowest BCUT2D eigenvalue weighted by atomic mass is 10.2. The molecule has 1 N–H and O–H groups in total. The van der Waals surface area contributed by atoms with Crippen LogP contribution in [0.4, 0.5) is 13.2 Å². The Kier molecular flexibility index (Phi) is 4.63. The first-order valence-corrected chi connectivity index (χ1v) is 7.60. The summed E-state index contributed by atoms with van der Waals surface area (Å²) in [5, 5.41) is 13.6. The van der Waals surface area contributed by atoms with E-state index >= 15 is 0 Å². The monoisotopic (exact) mass is 351 g/mol. The summed E-state index contributed by atoms with van der Waals surface area (Å²) >= 11 is 0. The molecule has 0 saturated heterocycles. The number of fused-ring (bicyclic) bond motifs is 1. The number of aryl methyl sites for hydroxylation is 1. The van der Waals surface area contributed by atoms with E-state index in [9.17, 15) is 18.3 Å². The van der Waals surface area contributed by atoms with E-state index in [-0.39, 0.29) is 24.1 Å². The molecule has 0 amide bonds. The molecule has 0 aliphatic carbocycles. The summed E-state index contributed by atoms with van der Waals surface area (Å²) < 4.78 is 45.9. The van der Waals surface area contributed by atoms with Crippen molar-refractivity contribution in [2.24, 2.45) is 0 Å². The zero-order valence-corrected chi connectivity index (χ0v) is 13.4. The average Bonchev–Trinajstić information content (AvgIpc) is 2.92. The van der Waals surface area contributed by atoms with Gasteiger partial charge in [-0.05, 0) is 30.7 Å². The summed E-state index contributed by atoms with van der Waals surface area (Å²) in [6, 6.07) is 8.72. The summed E-state index contributed by atoms with van der Waals surface area (Å²) in [5.74, 6) is 0.588. The van der Waals surface area contributed by atoms with Crippen LogP contribution in [0.15, 0.2) is 42.7 Å². The molecule has 0 aliphatic rings. The number of alkyl halides is 3. The Morgan fingerprint density at radius 1 is 1.28 bits per heavy atom. The van der Waals surface area contributed by atoms with Crippen molar-refractivity contribution in [2.75, 3.05) is 6.61 Å². The minimum Gasteiger partial charge on any atom is -0.491 e. The number of aliphatic hydroxyl groups is 1. The number of rotatable bonds is 5. The van der Waals surface area contributed by atoms with Crippen molar-refractivity contribution in [1.29, 1.82) is 0 Å². The van der Waals surface area contributed by atoms with E-state index in [4.69, 9.17) is 4.74 Å². The van der Waals surface area contributed by atoms with Gasteiger partial charge >= 0.3 is 6.18 Å². The number of aliphatic hydroxyl groups excluding tert-OH is 1. The fourth-order valence-corrected chi connectivity index (χ4v) is 2.52. The first-order valence-electron chi connectivity index (χ1n) is 7.60. The lowest BCUT2D eigenvalue weighted by Gasteiger charge is -2.13. The molecule has 0 aliphatic heterocycles. The summed E-state index contributed by atoms with van der Waals surface area (Å²) in [4.78, 5) is 3.72. The molecule has 132 valence electrons. The van der Waals surface area contributed by atoms with Gasteiger partial charge in [0.25, 0.3) is 0 Å². The van der Waals surface area contributed by atoms with Crippen molar-refractivity contribution >= 4 is 10.9 Å². The molecule has 25 heavy (non-hydrogen) atoms. The normalized spacial score (nSPS) is 13.2. The molecule has 2 aromatic heterocycles. The predicted octanol–water partition coefficient (Wildman–Crippen LogP) is 3.20. The number of pyridine rings is 1. The second-order valence-electron chi connectivity index (χ2n) is 5.70. The molecule has 1 unspecified atom stereocenters. The van der Waals surface area contributed by atoms with Crippen LogP contribution in [0, 0.1) is 6.92 Å². The van der Waals surface area contributed by atoms with Gasteiger partial charge in [-0.3, -0.25) is 9.67 Å². The van der Waals surface area contributed by atoms with Crippen LogP contribution >= 0.6 is 0 Å². The van der Waals surface area contributed by atoms with Crippen molar-refractivity contribution in [3.63, 3.8) is 0 Å². The number of halogens is 3. The Labute approximate surface area is 141 Å². The lowest BCUT2D eigenvalue weighted by Crippen LogP contribution is -2.24. The van der Waals surface area contributed by atoms with Gasteiger partial charge in [0.1, 0.15) is 18.5 Å². The second kappa shape index (κ2) is 6.72. The molecule has 2 heterocycles. The smallest absolute Gasteiger partial charge is 0.435 e. The molecule has 3 rings (SSSR count). The standard InChI is InChI=1S/C17H16F3N3O2/c1-11-3-2-4-13(7-11)25-10-12(24)9-23-15-5-6-21-8-14(15)16(22-23)17(18,19)20/h2-8,12,24H,9-10H2,1H3. The molecule has 5 nitrogen and oxygen atoms in total. The minimum atomic E-state index is -4.59. The molecule has 3 aromatic rings. The first-order chi connectivity index (χ1) is 11.8. The third kappa shape index (κ3) is 3.90. The van der Waals surface area contributed by atoms with E-state index in [0.717, 1.165) is 16.4 Å². The topological polar surface area (TPSA) is 60.2 Å². The number of hydrogen-bond donors (Lipinski definition) is 1. The SMILES string of the molecule is Cc1cccc(OCC(O)Cn2nc(C(F)(F)F)c3cnccc32)c1. The van der Waals surface area contributed by atoms with Crippen LogP contribution in [0.3, 0.4) is 0 Å². The van der Waals surface area contributed by atoms with Crippen molar-refractivity contribution in [1.82, 2.24) is 14.8 Å². The number of aromatic nitrogens is 3. The summed E-state index contributed by atoms with van der Waals surface area (Å²) in [6.45, 7) is 1.73. The zero-order chi connectivity index (χ0) is 18.0. The van der Waals surface area contributed by atoms with Gasteiger partial charge in [-0.15, -0.1) is 0 Å². The highest BCUT2D eigenvalue weighted by atomic mass is 19.4. The van der Waals surface area contributed by atoms with E-state index in [1.165, 1.54) is 12.3 Å². The van der Waals surface area contributed by atoms with Crippen molar-refractivity contribution < 1.29 is 23.0 Å². The summed E-state index contributed by atoms with van der Waals surface area (Å²) in [5.41, 5.74) is 0.256. The Balaban J connectivity index is 1.76. The van der Waals surface area contributed by atoms with Gasteiger partial charge in [0.2, 0.25) is 0 Å². The second-order valence-corrected chi connectivity index (χ2v) is 5.70.